The molecule has 1 fully saturated rings. The molecule has 1 aliphatic heterocycles. The molecule has 1 saturated heterocycles. The summed E-state index contributed by atoms with van der Waals surface area (Å²) >= 11 is 5.83. The second-order valence-corrected chi connectivity index (χ2v) is 5.80. The minimum atomic E-state index is -0.0949. The zero-order chi connectivity index (χ0) is 14.7. The van der Waals surface area contributed by atoms with Gasteiger partial charge in [0.15, 0.2) is 0 Å². The number of hydrogen-bond acceptors (Lipinski definition) is 2. The Morgan fingerprint density at radius 2 is 1.95 bits per heavy atom. The van der Waals surface area contributed by atoms with Gasteiger partial charge < -0.3 is 10.2 Å². The maximum atomic E-state index is 12.1. The van der Waals surface area contributed by atoms with Crippen LogP contribution < -0.4 is 5.32 Å². The van der Waals surface area contributed by atoms with Crippen LogP contribution in [0.5, 0.6) is 0 Å². The van der Waals surface area contributed by atoms with E-state index in [0.29, 0.717) is 24.5 Å². The molecule has 1 aliphatic rings. The minimum Gasteiger partial charge on any atom is -0.350 e. The van der Waals surface area contributed by atoms with Crippen molar-refractivity contribution in [3.8, 4) is 0 Å². The number of nitrogens with one attached hydrogen (secondary N) is 1. The lowest BCUT2D eigenvalue weighted by Gasteiger charge is -2.39. The Morgan fingerprint density at radius 3 is 2.50 bits per heavy atom. The van der Waals surface area contributed by atoms with Gasteiger partial charge in [-0.1, -0.05) is 30.7 Å². The molecule has 1 N–H and O–H groups in total. The van der Waals surface area contributed by atoms with Crippen molar-refractivity contribution in [2.45, 2.75) is 26.3 Å². The van der Waals surface area contributed by atoms with E-state index in [4.69, 9.17) is 11.6 Å². The van der Waals surface area contributed by atoms with Gasteiger partial charge in [-0.2, -0.15) is 0 Å². The molecule has 1 atom stereocenters. The summed E-state index contributed by atoms with van der Waals surface area (Å²) in [5.41, 5.74) is 1.09. The lowest BCUT2D eigenvalue weighted by atomic mass is 9.99. The number of hydrogen-bond donors (Lipinski definition) is 1. The van der Waals surface area contributed by atoms with Crippen molar-refractivity contribution in [1.29, 1.82) is 0 Å². The average Bonchev–Trinajstić information content (AvgIpc) is 2.35. The van der Waals surface area contributed by atoms with Crippen molar-refractivity contribution in [2.75, 3.05) is 13.1 Å². The second-order valence-electron chi connectivity index (χ2n) is 5.36. The monoisotopic (exact) mass is 294 g/mol. The Hall–Kier alpha value is -1.55. The summed E-state index contributed by atoms with van der Waals surface area (Å²) in [4.78, 5) is 24.8. The number of nitrogens with zero attached hydrogens (tertiary/aromatic N) is 1. The molecule has 0 aromatic heterocycles. The Labute approximate surface area is 124 Å². The number of likely N-dealkylation sites (tertiary alicyclic amines) is 1. The highest BCUT2D eigenvalue weighted by Gasteiger charge is 2.30. The largest absolute Gasteiger partial charge is 0.350 e. The highest BCUT2D eigenvalue weighted by molar-refractivity contribution is 6.30. The van der Waals surface area contributed by atoms with E-state index >= 15 is 0 Å². The smallest absolute Gasteiger partial charge is 0.223 e. The number of rotatable bonds is 4. The van der Waals surface area contributed by atoms with Gasteiger partial charge in [-0.05, 0) is 24.1 Å². The zero-order valence-electron chi connectivity index (χ0n) is 11.7. The number of halogens is 1. The predicted molar refractivity (Wildman–Crippen MR) is 78.5 cm³/mol. The summed E-state index contributed by atoms with van der Waals surface area (Å²) in [5.74, 6) is 0.000386. The normalized spacial score (nSPS) is 16.4. The summed E-state index contributed by atoms with van der Waals surface area (Å²) in [6, 6.07) is 7.63. The van der Waals surface area contributed by atoms with Crippen LogP contribution in [-0.4, -0.2) is 35.8 Å². The van der Waals surface area contributed by atoms with Crippen LogP contribution in [0, 0.1) is 5.92 Å². The summed E-state index contributed by atoms with van der Waals surface area (Å²) in [6.07, 6.45) is 0.687. The van der Waals surface area contributed by atoms with Crippen LogP contribution >= 0.6 is 11.6 Å². The third kappa shape index (κ3) is 3.73. The summed E-state index contributed by atoms with van der Waals surface area (Å²) in [5, 5.41) is 3.67. The Balaban J connectivity index is 1.78. The first-order valence-corrected chi connectivity index (χ1v) is 7.14. The first-order valence-electron chi connectivity index (χ1n) is 6.76. The van der Waals surface area contributed by atoms with Gasteiger partial charge in [0.1, 0.15) is 0 Å². The van der Waals surface area contributed by atoms with Gasteiger partial charge in [0.2, 0.25) is 11.8 Å². The minimum absolute atomic E-state index is 0.0353. The standard InChI is InChI=1S/C15H19ClN2O2/c1-10(7-12-3-5-13(16)6-4-12)15(20)17-14-8-18(9-14)11(2)19/h3-6,10,14H,7-9H2,1-2H3,(H,17,20)/t10-/m1/s1. The quantitative estimate of drug-likeness (QED) is 0.921. The molecule has 5 heteroatoms. The SMILES string of the molecule is CC(=O)N1CC(NC(=O)[C@H](C)Cc2ccc(Cl)cc2)C1. The molecular formula is C15H19ClN2O2. The van der Waals surface area contributed by atoms with E-state index in [2.05, 4.69) is 5.32 Å². The molecular weight excluding hydrogens is 276 g/mol. The third-order valence-corrected chi connectivity index (χ3v) is 3.83. The van der Waals surface area contributed by atoms with Crippen molar-refractivity contribution in [1.82, 2.24) is 10.2 Å². The van der Waals surface area contributed by atoms with E-state index in [0.717, 1.165) is 5.56 Å². The lowest BCUT2D eigenvalue weighted by molar-refractivity contribution is -0.136. The number of carbonyl (C=O) groups excluding carboxylic acids is 2. The summed E-state index contributed by atoms with van der Waals surface area (Å²) in [6.45, 7) is 4.69. The predicted octanol–water partition coefficient (Wildman–Crippen LogP) is 1.87. The molecule has 0 aliphatic carbocycles. The number of carbonyl (C=O) groups is 2. The molecule has 0 spiro atoms. The Kier molecular flexibility index (Phi) is 4.65. The molecule has 2 rings (SSSR count). The summed E-state index contributed by atoms with van der Waals surface area (Å²) in [7, 11) is 0. The van der Waals surface area contributed by atoms with Crippen LogP contribution in [0.4, 0.5) is 0 Å². The molecule has 0 bridgehead atoms. The second kappa shape index (κ2) is 6.27. The van der Waals surface area contributed by atoms with Crippen molar-refractivity contribution in [3.63, 3.8) is 0 Å². The van der Waals surface area contributed by atoms with E-state index in [9.17, 15) is 9.59 Å². The molecule has 108 valence electrons. The summed E-state index contributed by atoms with van der Waals surface area (Å²) < 4.78 is 0. The van der Waals surface area contributed by atoms with Crippen molar-refractivity contribution in [3.05, 3.63) is 34.9 Å². The molecule has 20 heavy (non-hydrogen) atoms. The van der Waals surface area contributed by atoms with Gasteiger partial charge in [-0.25, -0.2) is 0 Å². The van der Waals surface area contributed by atoms with Crippen LogP contribution in [0.3, 0.4) is 0 Å². The van der Waals surface area contributed by atoms with E-state index in [1.54, 1.807) is 11.8 Å². The molecule has 4 nitrogen and oxygen atoms in total. The number of benzene rings is 1. The van der Waals surface area contributed by atoms with E-state index in [1.165, 1.54) is 0 Å². The van der Waals surface area contributed by atoms with Gasteiger partial charge in [-0.15, -0.1) is 0 Å². The van der Waals surface area contributed by atoms with Crippen molar-refractivity contribution in [2.24, 2.45) is 5.92 Å². The van der Waals surface area contributed by atoms with Crippen LogP contribution in [0.15, 0.2) is 24.3 Å². The van der Waals surface area contributed by atoms with Crippen molar-refractivity contribution >= 4 is 23.4 Å². The van der Waals surface area contributed by atoms with Crippen LogP contribution in [0.25, 0.3) is 0 Å². The zero-order valence-corrected chi connectivity index (χ0v) is 12.5. The maximum Gasteiger partial charge on any atom is 0.223 e. The first kappa shape index (κ1) is 14.9. The molecule has 0 unspecified atom stereocenters. The molecule has 0 saturated carbocycles. The van der Waals surface area contributed by atoms with Gasteiger partial charge in [-0.3, -0.25) is 9.59 Å². The van der Waals surface area contributed by atoms with Crippen LogP contribution in [0.2, 0.25) is 5.02 Å². The maximum absolute atomic E-state index is 12.1. The van der Waals surface area contributed by atoms with Crippen LogP contribution in [-0.2, 0) is 16.0 Å². The molecule has 1 heterocycles. The highest BCUT2D eigenvalue weighted by atomic mass is 35.5. The van der Waals surface area contributed by atoms with Gasteiger partial charge in [0, 0.05) is 31.0 Å². The van der Waals surface area contributed by atoms with Gasteiger partial charge in [0.25, 0.3) is 0 Å². The van der Waals surface area contributed by atoms with Crippen molar-refractivity contribution < 1.29 is 9.59 Å². The van der Waals surface area contributed by atoms with E-state index in [1.807, 2.05) is 31.2 Å². The first-order chi connectivity index (χ1) is 9.45. The fraction of sp³-hybridized carbons (Fsp3) is 0.467. The fourth-order valence-corrected chi connectivity index (χ4v) is 2.36. The molecule has 1 aromatic carbocycles. The van der Waals surface area contributed by atoms with E-state index in [-0.39, 0.29) is 23.8 Å². The number of amides is 2. The Morgan fingerprint density at radius 1 is 1.35 bits per heavy atom. The Bertz CT molecular complexity index is 495. The van der Waals surface area contributed by atoms with E-state index < -0.39 is 0 Å². The highest BCUT2D eigenvalue weighted by Crippen LogP contribution is 2.14. The third-order valence-electron chi connectivity index (χ3n) is 3.58. The van der Waals surface area contributed by atoms with Gasteiger partial charge in [0.05, 0.1) is 6.04 Å². The lowest BCUT2D eigenvalue weighted by Crippen LogP contribution is -2.61. The van der Waals surface area contributed by atoms with Gasteiger partial charge >= 0.3 is 0 Å². The van der Waals surface area contributed by atoms with Crippen LogP contribution in [0.1, 0.15) is 19.4 Å². The molecule has 1 aromatic rings. The topological polar surface area (TPSA) is 49.4 Å². The molecule has 0 radical (unpaired) electrons. The fourth-order valence-electron chi connectivity index (χ4n) is 2.24. The molecule has 2 amide bonds. The average molecular weight is 295 g/mol.